The van der Waals surface area contributed by atoms with Gasteiger partial charge in [-0.05, 0) is 19.1 Å². The Morgan fingerprint density at radius 3 is 2.75 bits per heavy atom. The highest BCUT2D eigenvalue weighted by Crippen LogP contribution is 2.14. The van der Waals surface area contributed by atoms with Crippen LogP contribution in [0.2, 0.25) is 0 Å². The quantitative estimate of drug-likeness (QED) is 0.808. The molecule has 1 aromatic carbocycles. The number of amides is 2. The van der Waals surface area contributed by atoms with Crippen LogP contribution < -0.4 is 10.6 Å². The van der Waals surface area contributed by atoms with E-state index in [0.717, 1.165) is 12.1 Å². The molecule has 0 aliphatic carbocycles. The zero-order valence-corrected chi connectivity index (χ0v) is 8.42. The minimum absolute atomic E-state index is 0.149. The molecule has 0 aromatic heterocycles. The Labute approximate surface area is 90.9 Å². The topological polar surface area (TPSA) is 64.9 Å². The van der Waals surface area contributed by atoms with Gasteiger partial charge >= 0.3 is 6.03 Å². The number of urea groups is 1. The molecule has 84 valence electrons. The van der Waals surface area contributed by atoms with Crippen LogP contribution in [0.5, 0.6) is 0 Å². The molecule has 2 amide bonds. The van der Waals surface area contributed by atoms with Gasteiger partial charge < -0.3 is 10.6 Å². The maximum atomic E-state index is 13.1. The van der Waals surface area contributed by atoms with E-state index >= 15 is 0 Å². The lowest BCUT2D eigenvalue weighted by molar-refractivity contribution is 0.251. The van der Waals surface area contributed by atoms with E-state index in [2.05, 4.69) is 10.6 Å². The third-order valence-electron chi connectivity index (χ3n) is 1.72. The van der Waals surface area contributed by atoms with Gasteiger partial charge in [0.15, 0.2) is 0 Å². The first-order valence-corrected chi connectivity index (χ1v) is 4.45. The first-order chi connectivity index (χ1) is 7.52. The number of halogens is 2. The zero-order valence-electron chi connectivity index (χ0n) is 8.42. The SMILES string of the molecule is CC(C#N)NC(=O)Nc1ccc(F)cc1F. The average molecular weight is 225 g/mol. The fraction of sp³-hybridized carbons (Fsp3) is 0.200. The van der Waals surface area contributed by atoms with Gasteiger partial charge in [0.2, 0.25) is 0 Å². The van der Waals surface area contributed by atoms with Crippen LogP contribution in [0.1, 0.15) is 6.92 Å². The molecule has 1 unspecified atom stereocenters. The predicted octanol–water partition coefficient (Wildman–Crippen LogP) is 2.00. The van der Waals surface area contributed by atoms with Crippen LogP contribution in [0.4, 0.5) is 19.3 Å². The monoisotopic (exact) mass is 225 g/mol. The summed E-state index contributed by atoms with van der Waals surface area (Å²) in [5, 5.41) is 12.8. The molecule has 16 heavy (non-hydrogen) atoms. The van der Waals surface area contributed by atoms with Gasteiger partial charge in [-0.3, -0.25) is 0 Å². The van der Waals surface area contributed by atoms with Gasteiger partial charge in [-0.25, -0.2) is 13.6 Å². The Hall–Kier alpha value is -2.16. The second kappa shape index (κ2) is 5.07. The molecule has 0 aliphatic rings. The number of nitriles is 1. The van der Waals surface area contributed by atoms with E-state index in [1.807, 2.05) is 0 Å². The highest BCUT2D eigenvalue weighted by Gasteiger charge is 2.09. The lowest BCUT2D eigenvalue weighted by Crippen LogP contribution is -2.35. The summed E-state index contributed by atoms with van der Waals surface area (Å²) in [7, 11) is 0. The number of hydrogen-bond acceptors (Lipinski definition) is 2. The summed E-state index contributed by atoms with van der Waals surface area (Å²) in [6.45, 7) is 1.47. The van der Waals surface area contributed by atoms with Gasteiger partial charge in [-0.1, -0.05) is 0 Å². The number of carbonyl (C=O) groups is 1. The van der Waals surface area contributed by atoms with Crippen LogP contribution in [0, 0.1) is 23.0 Å². The number of nitrogens with one attached hydrogen (secondary N) is 2. The number of hydrogen-bond donors (Lipinski definition) is 2. The minimum Gasteiger partial charge on any atom is -0.322 e. The summed E-state index contributed by atoms with van der Waals surface area (Å²) in [6.07, 6.45) is 0. The van der Waals surface area contributed by atoms with Crippen molar-refractivity contribution in [2.45, 2.75) is 13.0 Å². The first kappa shape index (κ1) is 11.9. The molecule has 0 spiro atoms. The molecule has 0 fully saturated rings. The van der Waals surface area contributed by atoms with E-state index in [1.165, 1.54) is 6.92 Å². The van der Waals surface area contributed by atoms with Crippen molar-refractivity contribution in [2.24, 2.45) is 0 Å². The van der Waals surface area contributed by atoms with Crippen molar-refractivity contribution in [1.29, 1.82) is 5.26 Å². The van der Waals surface area contributed by atoms with Crippen molar-refractivity contribution in [2.75, 3.05) is 5.32 Å². The Morgan fingerprint density at radius 1 is 1.50 bits per heavy atom. The largest absolute Gasteiger partial charge is 0.322 e. The summed E-state index contributed by atoms with van der Waals surface area (Å²) >= 11 is 0. The second-order valence-electron chi connectivity index (χ2n) is 3.07. The van der Waals surface area contributed by atoms with E-state index in [-0.39, 0.29) is 5.69 Å². The molecule has 0 aliphatic heterocycles. The molecule has 1 rings (SSSR count). The molecule has 1 atom stereocenters. The predicted molar refractivity (Wildman–Crippen MR) is 53.6 cm³/mol. The smallest absolute Gasteiger partial charge is 0.320 e. The van der Waals surface area contributed by atoms with Gasteiger partial charge in [-0.2, -0.15) is 5.26 Å². The molecule has 0 radical (unpaired) electrons. The van der Waals surface area contributed by atoms with Crippen LogP contribution in [0.3, 0.4) is 0 Å². The Bertz CT molecular complexity index is 442. The highest BCUT2D eigenvalue weighted by molar-refractivity contribution is 5.89. The van der Waals surface area contributed by atoms with Gasteiger partial charge in [0.25, 0.3) is 0 Å². The van der Waals surface area contributed by atoms with Crippen LogP contribution >= 0.6 is 0 Å². The van der Waals surface area contributed by atoms with Crippen LogP contribution in [-0.2, 0) is 0 Å². The fourth-order valence-electron chi connectivity index (χ4n) is 0.978. The molecular weight excluding hydrogens is 216 g/mol. The van der Waals surface area contributed by atoms with Gasteiger partial charge in [0.1, 0.15) is 17.7 Å². The Kier molecular flexibility index (Phi) is 3.78. The van der Waals surface area contributed by atoms with Crippen molar-refractivity contribution >= 4 is 11.7 Å². The molecular formula is C10H9F2N3O. The summed E-state index contributed by atoms with van der Waals surface area (Å²) < 4.78 is 25.6. The minimum atomic E-state index is -0.875. The second-order valence-corrected chi connectivity index (χ2v) is 3.07. The normalized spacial score (nSPS) is 11.4. The molecule has 0 saturated carbocycles. The molecule has 2 N–H and O–H groups in total. The summed E-state index contributed by atoms with van der Waals surface area (Å²) in [5.41, 5.74) is -0.149. The standard InChI is InChI=1S/C10H9F2N3O/c1-6(5-13)14-10(16)15-9-3-2-7(11)4-8(9)12/h2-4,6H,1H3,(H2,14,15,16). The summed E-state index contributed by atoms with van der Waals surface area (Å²) in [5.74, 6) is -1.60. The highest BCUT2D eigenvalue weighted by atomic mass is 19.1. The zero-order chi connectivity index (χ0) is 12.1. The van der Waals surface area contributed by atoms with E-state index in [4.69, 9.17) is 5.26 Å². The van der Waals surface area contributed by atoms with E-state index in [0.29, 0.717) is 6.07 Å². The van der Waals surface area contributed by atoms with Gasteiger partial charge in [0, 0.05) is 6.07 Å². The van der Waals surface area contributed by atoms with Crippen molar-refractivity contribution in [3.8, 4) is 6.07 Å². The molecule has 1 aromatic rings. The van der Waals surface area contributed by atoms with Crippen molar-refractivity contribution in [3.05, 3.63) is 29.8 Å². The lowest BCUT2D eigenvalue weighted by atomic mass is 10.3. The number of nitrogens with zero attached hydrogens (tertiary/aromatic N) is 1. The summed E-state index contributed by atoms with van der Waals surface area (Å²) in [4.78, 5) is 11.2. The Balaban J connectivity index is 2.67. The number of benzene rings is 1. The molecule has 0 heterocycles. The maximum absolute atomic E-state index is 13.1. The van der Waals surface area contributed by atoms with Gasteiger partial charge in [0.05, 0.1) is 11.8 Å². The van der Waals surface area contributed by atoms with Crippen LogP contribution in [0.15, 0.2) is 18.2 Å². The van der Waals surface area contributed by atoms with Crippen LogP contribution in [-0.4, -0.2) is 12.1 Å². The molecule has 0 bridgehead atoms. The average Bonchev–Trinajstić information content (AvgIpc) is 2.22. The third-order valence-corrected chi connectivity index (χ3v) is 1.72. The van der Waals surface area contributed by atoms with Crippen molar-refractivity contribution in [3.63, 3.8) is 0 Å². The van der Waals surface area contributed by atoms with Crippen LogP contribution in [0.25, 0.3) is 0 Å². The molecule has 6 heteroatoms. The summed E-state index contributed by atoms with van der Waals surface area (Å²) in [6, 6.07) is 3.14. The lowest BCUT2D eigenvalue weighted by Gasteiger charge is -2.09. The maximum Gasteiger partial charge on any atom is 0.320 e. The number of rotatable bonds is 2. The Morgan fingerprint density at radius 2 is 2.19 bits per heavy atom. The first-order valence-electron chi connectivity index (χ1n) is 4.45. The third kappa shape index (κ3) is 3.20. The van der Waals surface area contributed by atoms with Crippen molar-refractivity contribution in [1.82, 2.24) is 5.32 Å². The van der Waals surface area contributed by atoms with Gasteiger partial charge in [-0.15, -0.1) is 0 Å². The van der Waals surface area contributed by atoms with E-state index in [1.54, 1.807) is 6.07 Å². The molecule has 4 nitrogen and oxygen atoms in total. The van der Waals surface area contributed by atoms with E-state index < -0.39 is 23.7 Å². The molecule has 0 saturated heterocycles. The van der Waals surface area contributed by atoms with E-state index in [9.17, 15) is 13.6 Å². The fourth-order valence-corrected chi connectivity index (χ4v) is 0.978. The van der Waals surface area contributed by atoms with Crippen molar-refractivity contribution < 1.29 is 13.6 Å². The number of carbonyl (C=O) groups excluding carboxylic acids is 1. The number of anilines is 1.